The van der Waals surface area contributed by atoms with Crippen LogP contribution in [0.15, 0.2) is 47.4 Å². The van der Waals surface area contributed by atoms with Gasteiger partial charge >= 0.3 is 0 Å². The Labute approximate surface area is 154 Å². The average Bonchev–Trinajstić information content (AvgIpc) is 2.58. The summed E-state index contributed by atoms with van der Waals surface area (Å²) < 4.78 is 28.6. The van der Waals surface area contributed by atoms with E-state index < -0.39 is 10.0 Å². The predicted molar refractivity (Wildman–Crippen MR) is 100 cm³/mol. The van der Waals surface area contributed by atoms with Crippen molar-refractivity contribution < 1.29 is 17.9 Å². The zero-order valence-corrected chi connectivity index (χ0v) is 16.0. The molecular weight excluding hydrogens is 352 g/mol. The van der Waals surface area contributed by atoms with Gasteiger partial charge in [-0.05, 0) is 49.6 Å². The van der Waals surface area contributed by atoms with Crippen LogP contribution in [-0.4, -0.2) is 20.9 Å². The minimum absolute atomic E-state index is 0.0224. The maximum absolute atomic E-state index is 12.2. The molecular formula is C19H24N2O4S. The Balaban J connectivity index is 2.04. The van der Waals surface area contributed by atoms with E-state index in [2.05, 4.69) is 5.32 Å². The second kappa shape index (κ2) is 8.33. The Morgan fingerprint density at radius 3 is 2.54 bits per heavy atom. The fraction of sp³-hybridized carbons (Fsp3) is 0.316. The molecule has 0 saturated heterocycles. The van der Waals surface area contributed by atoms with Crippen molar-refractivity contribution in [1.29, 1.82) is 0 Å². The van der Waals surface area contributed by atoms with Gasteiger partial charge in [-0.3, -0.25) is 4.79 Å². The van der Waals surface area contributed by atoms with Crippen LogP contribution in [0.1, 0.15) is 36.1 Å². The topological polar surface area (TPSA) is 98.5 Å². The van der Waals surface area contributed by atoms with Gasteiger partial charge in [0.1, 0.15) is 5.75 Å². The molecule has 0 aliphatic rings. The van der Waals surface area contributed by atoms with Crippen molar-refractivity contribution in [3.8, 4) is 5.75 Å². The molecule has 1 unspecified atom stereocenters. The smallest absolute Gasteiger partial charge is 0.258 e. The van der Waals surface area contributed by atoms with Crippen LogP contribution in [0.25, 0.3) is 0 Å². The van der Waals surface area contributed by atoms with Crippen LogP contribution < -0.4 is 15.2 Å². The number of rotatable bonds is 7. The second-order valence-electron chi connectivity index (χ2n) is 6.20. The number of hydrogen-bond donors (Lipinski definition) is 2. The van der Waals surface area contributed by atoms with Crippen LogP contribution in [0.3, 0.4) is 0 Å². The van der Waals surface area contributed by atoms with Gasteiger partial charge in [-0.2, -0.15) is 0 Å². The standard InChI is InChI=1S/C19H24N2O4S/c1-4-17(15-6-5-7-16(11-15)26(20,23)24)21-19(22)12-25-18-9-8-13(2)10-14(18)3/h5-11,17H,4,12H2,1-3H3,(H,21,22)(H2,20,23,24). The SMILES string of the molecule is CCC(NC(=O)COc1ccc(C)cc1C)c1cccc(S(N)(=O)=O)c1. The van der Waals surface area contributed by atoms with Gasteiger partial charge < -0.3 is 10.1 Å². The summed E-state index contributed by atoms with van der Waals surface area (Å²) in [6.07, 6.45) is 0.601. The Morgan fingerprint density at radius 2 is 1.92 bits per heavy atom. The highest BCUT2D eigenvalue weighted by Gasteiger charge is 2.16. The minimum Gasteiger partial charge on any atom is -0.484 e. The Hall–Kier alpha value is -2.38. The molecule has 0 fully saturated rings. The highest BCUT2D eigenvalue weighted by Crippen LogP contribution is 2.21. The lowest BCUT2D eigenvalue weighted by Gasteiger charge is -2.18. The fourth-order valence-electron chi connectivity index (χ4n) is 2.67. The van der Waals surface area contributed by atoms with E-state index in [4.69, 9.17) is 9.88 Å². The van der Waals surface area contributed by atoms with Crippen LogP contribution in [-0.2, 0) is 14.8 Å². The third kappa shape index (κ3) is 5.31. The quantitative estimate of drug-likeness (QED) is 0.776. The molecule has 0 radical (unpaired) electrons. The third-order valence-corrected chi connectivity index (χ3v) is 4.93. The molecule has 0 aromatic heterocycles. The van der Waals surface area contributed by atoms with Gasteiger partial charge in [-0.1, -0.05) is 36.8 Å². The van der Waals surface area contributed by atoms with Gasteiger partial charge in [0.25, 0.3) is 5.91 Å². The molecule has 2 aromatic rings. The van der Waals surface area contributed by atoms with E-state index in [0.717, 1.165) is 11.1 Å². The summed E-state index contributed by atoms with van der Waals surface area (Å²) in [6, 6.07) is 11.7. The van der Waals surface area contributed by atoms with E-state index in [1.165, 1.54) is 12.1 Å². The van der Waals surface area contributed by atoms with E-state index in [1.54, 1.807) is 12.1 Å². The zero-order valence-electron chi connectivity index (χ0n) is 15.2. The first-order chi connectivity index (χ1) is 12.2. The second-order valence-corrected chi connectivity index (χ2v) is 7.76. The first-order valence-electron chi connectivity index (χ1n) is 8.33. The lowest BCUT2D eigenvalue weighted by atomic mass is 10.0. The van der Waals surface area contributed by atoms with Crippen LogP contribution >= 0.6 is 0 Å². The lowest BCUT2D eigenvalue weighted by Crippen LogP contribution is -2.32. The van der Waals surface area contributed by atoms with Crippen LogP contribution in [0, 0.1) is 13.8 Å². The van der Waals surface area contributed by atoms with Crippen molar-refractivity contribution in [2.24, 2.45) is 5.14 Å². The molecule has 0 aliphatic heterocycles. The summed E-state index contributed by atoms with van der Waals surface area (Å²) in [6.45, 7) is 5.70. The number of primary sulfonamides is 1. The molecule has 2 aromatic carbocycles. The van der Waals surface area contributed by atoms with Crippen molar-refractivity contribution in [1.82, 2.24) is 5.32 Å². The molecule has 26 heavy (non-hydrogen) atoms. The minimum atomic E-state index is -3.79. The fourth-order valence-corrected chi connectivity index (χ4v) is 3.24. The Bertz CT molecular complexity index is 894. The number of nitrogens with two attached hydrogens (primary N) is 1. The molecule has 1 atom stereocenters. The summed E-state index contributed by atoms with van der Waals surface area (Å²) in [5.41, 5.74) is 2.77. The maximum atomic E-state index is 12.2. The number of aryl methyl sites for hydroxylation is 2. The van der Waals surface area contributed by atoms with E-state index >= 15 is 0 Å². The van der Waals surface area contributed by atoms with E-state index in [1.807, 2.05) is 39.0 Å². The summed E-state index contributed by atoms with van der Waals surface area (Å²) in [4.78, 5) is 12.3. The molecule has 7 heteroatoms. The van der Waals surface area contributed by atoms with Crippen molar-refractivity contribution >= 4 is 15.9 Å². The maximum Gasteiger partial charge on any atom is 0.258 e. The number of benzene rings is 2. The van der Waals surface area contributed by atoms with Gasteiger partial charge in [0, 0.05) is 0 Å². The van der Waals surface area contributed by atoms with E-state index in [9.17, 15) is 13.2 Å². The van der Waals surface area contributed by atoms with E-state index in [0.29, 0.717) is 17.7 Å². The number of amides is 1. The number of hydrogen-bond acceptors (Lipinski definition) is 4. The number of sulfonamides is 1. The van der Waals surface area contributed by atoms with Crippen LogP contribution in [0.2, 0.25) is 0 Å². The molecule has 0 heterocycles. The highest BCUT2D eigenvalue weighted by atomic mass is 32.2. The van der Waals surface area contributed by atoms with Crippen LogP contribution in [0.4, 0.5) is 0 Å². The number of ether oxygens (including phenoxy) is 1. The monoisotopic (exact) mass is 376 g/mol. The summed E-state index contributed by atoms with van der Waals surface area (Å²) >= 11 is 0. The molecule has 2 rings (SSSR count). The average molecular weight is 376 g/mol. The van der Waals surface area contributed by atoms with Gasteiger partial charge in [-0.15, -0.1) is 0 Å². The molecule has 140 valence electrons. The van der Waals surface area contributed by atoms with Crippen LogP contribution in [0.5, 0.6) is 5.75 Å². The Kier molecular flexibility index (Phi) is 6.39. The summed E-state index contributed by atoms with van der Waals surface area (Å²) in [5, 5.41) is 8.03. The number of carbonyl (C=O) groups excluding carboxylic acids is 1. The molecule has 6 nitrogen and oxygen atoms in total. The third-order valence-electron chi connectivity index (χ3n) is 4.02. The van der Waals surface area contributed by atoms with Crippen molar-refractivity contribution in [3.63, 3.8) is 0 Å². The summed E-state index contributed by atoms with van der Waals surface area (Å²) in [5.74, 6) is 0.382. The van der Waals surface area contributed by atoms with Gasteiger partial charge in [0.15, 0.2) is 6.61 Å². The summed E-state index contributed by atoms with van der Waals surface area (Å²) in [7, 11) is -3.79. The molecule has 3 N–H and O–H groups in total. The van der Waals surface area contributed by atoms with Gasteiger partial charge in [0.05, 0.1) is 10.9 Å². The lowest BCUT2D eigenvalue weighted by molar-refractivity contribution is -0.123. The number of nitrogens with one attached hydrogen (secondary N) is 1. The zero-order chi connectivity index (χ0) is 19.3. The molecule has 1 amide bonds. The molecule has 0 spiro atoms. The highest BCUT2D eigenvalue weighted by molar-refractivity contribution is 7.89. The first-order valence-corrected chi connectivity index (χ1v) is 9.87. The van der Waals surface area contributed by atoms with E-state index in [-0.39, 0.29) is 23.5 Å². The Morgan fingerprint density at radius 1 is 1.19 bits per heavy atom. The number of carbonyl (C=O) groups is 1. The van der Waals surface area contributed by atoms with Crippen molar-refractivity contribution in [3.05, 3.63) is 59.2 Å². The molecule has 0 bridgehead atoms. The van der Waals surface area contributed by atoms with Gasteiger partial charge in [-0.25, -0.2) is 13.6 Å². The predicted octanol–water partition coefficient (Wildman–Crippen LogP) is 2.60. The first kappa shape index (κ1) is 19.9. The normalized spacial score (nSPS) is 12.5. The largest absolute Gasteiger partial charge is 0.484 e. The van der Waals surface area contributed by atoms with Crippen molar-refractivity contribution in [2.45, 2.75) is 38.1 Å². The van der Waals surface area contributed by atoms with Gasteiger partial charge in [0.2, 0.25) is 10.0 Å². The molecule has 0 aliphatic carbocycles. The molecule has 0 saturated carbocycles. The van der Waals surface area contributed by atoms with Crippen molar-refractivity contribution in [2.75, 3.05) is 6.61 Å².